The molecule has 0 aliphatic rings. The van der Waals surface area contributed by atoms with Gasteiger partial charge in [-0.3, -0.25) is 14.5 Å². The second kappa shape index (κ2) is 10.5. The van der Waals surface area contributed by atoms with Crippen LogP contribution in [-0.2, 0) is 19.1 Å². The molecular weight excluding hydrogens is 362 g/mol. The van der Waals surface area contributed by atoms with Crippen LogP contribution in [0.4, 0.5) is 4.79 Å². The van der Waals surface area contributed by atoms with Gasteiger partial charge in [0, 0.05) is 12.7 Å². The maximum Gasteiger partial charge on any atom is 0.414 e. The number of carbonyl (C=O) groups is 3. The first kappa shape index (κ1) is 26.0. The van der Waals surface area contributed by atoms with E-state index in [2.05, 4.69) is 0 Å². The number of rotatable bonds is 8. The minimum atomic E-state index is -0.979. The Morgan fingerprint density at radius 3 is 1.89 bits per heavy atom. The molecule has 1 amide bonds. The van der Waals surface area contributed by atoms with Crippen LogP contribution in [0.2, 0.25) is 0 Å². The molecule has 0 aromatic heterocycles. The van der Waals surface area contributed by atoms with Gasteiger partial charge in [-0.25, -0.2) is 4.79 Å². The Morgan fingerprint density at radius 2 is 1.46 bits per heavy atom. The number of ether oxygens (including phenoxy) is 2. The summed E-state index contributed by atoms with van der Waals surface area (Å²) in [4.78, 5) is 37.1. The fourth-order valence-electron chi connectivity index (χ4n) is 2.08. The van der Waals surface area contributed by atoms with Gasteiger partial charge in [0.15, 0.2) is 0 Å². The third-order valence-corrected chi connectivity index (χ3v) is 4.03. The van der Waals surface area contributed by atoms with Crippen LogP contribution >= 0.6 is 0 Å². The van der Waals surface area contributed by atoms with E-state index in [9.17, 15) is 14.4 Å². The van der Waals surface area contributed by atoms with Crippen molar-refractivity contribution in [2.45, 2.75) is 79.9 Å². The number of carboxylic acid groups (broad SMARTS) is 1. The average Bonchev–Trinajstić information content (AvgIpc) is 2.49. The highest BCUT2D eigenvalue weighted by Gasteiger charge is 2.27. The maximum absolute atomic E-state index is 12.5. The molecular formula is C21H37NO6. The van der Waals surface area contributed by atoms with Gasteiger partial charge in [0.2, 0.25) is 0 Å². The van der Waals surface area contributed by atoms with Crippen molar-refractivity contribution >= 4 is 18.0 Å². The predicted molar refractivity (Wildman–Crippen MR) is 108 cm³/mol. The van der Waals surface area contributed by atoms with Crippen LogP contribution in [0.1, 0.15) is 68.7 Å². The molecule has 0 aliphatic heterocycles. The van der Waals surface area contributed by atoms with Gasteiger partial charge < -0.3 is 14.6 Å². The molecule has 1 N–H and O–H groups in total. The summed E-state index contributed by atoms with van der Waals surface area (Å²) in [6.07, 6.45) is 2.86. The van der Waals surface area contributed by atoms with E-state index in [1.807, 2.05) is 27.7 Å². The largest absolute Gasteiger partial charge is 0.481 e. The SMILES string of the molecule is CC(C=CN(CCC(C)C(C)C(=O)OC(C)(C)C)C(=O)OC(C)(C)C)C(=O)O. The van der Waals surface area contributed by atoms with Crippen molar-refractivity contribution in [1.82, 2.24) is 4.90 Å². The van der Waals surface area contributed by atoms with Gasteiger partial charge in [-0.05, 0) is 60.8 Å². The second-order valence-electron chi connectivity index (χ2n) is 9.23. The normalized spacial score (nSPS) is 15.6. The van der Waals surface area contributed by atoms with Gasteiger partial charge >= 0.3 is 18.0 Å². The van der Waals surface area contributed by atoms with E-state index in [1.165, 1.54) is 24.1 Å². The summed E-state index contributed by atoms with van der Waals surface area (Å²) in [5.74, 6) is -2.36. The van der Waals surface area contributed by atoms with Crippen LogP contribution in [0.5, 0.6) is 0 Å². The third kappa shape index (κ3) is 10.9. The summed E-state index contributed by atoms with van der Waals surface area (Å²) in [6, 6.07) is 0. The lowest BCUT2D eigenvalue weighted by molar-refractivity contribution is -0.161. The molecule has 0 bridgehead atoms. The lowest BCUT2D eigenvalue weighted by atomic mass is 9.92. The molecule has 0 saturated heterocycles. The number of nitrogens with zero attached hydrogens (tertiary/aromatic N) is 1. The van der Waals surface area contributed by atoms with E-state index in [1.54, 1.807) is 27.7 Å². The lowest BCUT2D eigenvalue weighted by Crippen LogP contribution is -2.36. The number of esters is 1. The topological polar surface area (TPSA) is 93.1 Å². The molecule has 7 nitrogen and oxygen atoms in total. The Balaban J connectivity index is 5.10. The zero-order valence-electron chi connectivity index (χ0n) is 18.7. The molecule has 0 rings (SSSR count). The molecule has 7 heteroatoms. The van der Waals surface area contributed by atoms with Gasteiger partial charge in [0.05, 0.1) is 11.8 Å². The van der Waals surface area contributed by atoms with Gasteiger partial charge in [0.25, 0.3) is 0 Å². The predicted octanol–water partition coefficient (Wildman–Crippen LogP) is 4.46. The standard InChI is InChI=1S/C21H37NO6/c1-14(16(3)18(25)27-20(4,5)6)10-12-22(13-11-15(2)17(23)24)19(26)28-21(7,8)9/h11,13-16H,10,12H2,1-9H3,(H,23,24). The minimum Gasteiger partial charge on any atom is -0.481 e. The Labute approximate surface area is 169 Å². The highest BCUT2D eigenvalue weighted by molar-refractivity contribution is 5.73. The third-order valence-electron chi connectivity index (χ3n) is 4.03. The lowest BCUT2D eigenvalue weighted by Gasteiger charge is -2.28. The fourth-order valence-corrected chi connectivity index (χ4v) is 2.08. The van der Waals surface area contributed by atoms with Crippen LogP contribution in [0, 0.1) is 17.8 Å². The second-order valence-corrected chi connectivity index (χ2v) is 9.23. The van der Waals surface area contributed by atoms with Gasteiger partial charge in [-0.15, -0.1) is 0 Å². The first-order valence-electron chi connectivity index (χ1n) is 9.67. The zero-order chi connectivity index (χ0) is 22.3. The summed E-state index contributed by atoms with van der Waals surface area (Å²) in [5, 5.41) is 9.03. The van der Waals surface area contributed by atoms with Gasteiger partial charge in [-0.1, -0.05) is 19.9 Å². The van der Waals surface area contributed by atoms with Gasteiger partial charge in [-0.2, -0.15) is 0 Å². The summed E-state index contributed by atoms with van der Waals surface area (Å²) >= 11 is 0. The Kier molecular flexibility index (Phi) is 9.71. The zero-order valence-corrected chi connectivity index (χ0v) is 18.7. The first-order valence-corrected chi connectivity index (χ1v) is 9.67. The molecule has 0 heterocycles. The summed E-state index contributed by atoms with van der Waals surface area (Å²) in [6.45, 7) is 16.3. The molecule has 0 aromatic carbocycles. The molecule has 3 unspecified atom stereocenters. The molecule has 0 aliphatic carbocycles. The van der Waals surface area contributed by atoms with Gasteiger partial charge in [0.1, 0.15) is 11.2 Å². The molecule has 0 radical (unpaired) electrons. The number of amides is 1. The van der Waals surface area contributed by atoms with E-state index in [0.717, 1.165) is 0 Å². The molecule has 0 aromatic rings. The van der Waals surface area contributed by atoms with Crippen LogP contribution in [-0.4, -0.2) is 45.8 Å². The van der Waals surface area contributed by atoms with Crippen molar-refractivity contribution in [3.63, 3.8) is 0 Å². The van der Waals surface area contributed by atoms with Crippen molar-refractivity contribution in [2.75, 3.05) is 6.54 Å². The molecule has 28 heavy (non-hydrogen) atoms. The summed E-state index contributed by atoms with van der Waals surface area (Å²) < 4.78 is 10.8. The summed E-state index contributed by atoms with van der Waals surface area (Å²) in [7, 11) is 0. The number of carboxylic acids is 1. The molecule has 0 fully saturated rings. The number of aliphatic carboxylic acids is 1. The fraction of sp³-hybridized carbons (Fsp3) is 0.762. The molecule has 162 valence electrons. The average molecular weight is 400 g/mol. The van der Waals surface area contributed by atoms with Crippen LogP contribution in [0.3, 0.4) is 0 Å². The van der Waals surface area contributed by atoms with Crippen molar-refractivity contribution < 1.29 is 29.0 Å². The van der Waals surface area contributed by atoms with Crippen LogP contribution in [0.15, 0.2) is 12.3 Å². The summed E-state index contributed by atoms with van der Waals surface area (Å²) in [5.41, 5.74) is -1.22. The van der Waals surface area contributed by atoms with Crippen LogP contribution < -0.4 is 0 Å². The van der Waals surface area contributed by atoms with Crippen molar-refractivity contribution in [3.8, 4) is 0 Å². The smallest absolute Gasteiger partial charge is 0.414 e. The number of hydrogen-bond acceptors (Lipinski definition) is 5. The number of hydrogen-bond donors (Lipinski definition) is 1. The Morgan fingerprint density at radius 1 is 0.964 bits per heavy atom. The monoisotopic (exact) mass is 399 g/mol. The highest BCUT2D eigenvalue weighted by Crippen LogP contribution is 2.21. The van der Waals surface area contributed by atoms with E-state index in [-0.39, 0.29) is 17.8 Å². The van der Waals surface area contributed by atoms with E-state index in [0.29, 0.717) is 13.0 Å². The van der Waals surface area contributed by atoms with E-state index >= 15 is 0 Å². The molecule has 3 atom stereocenters. The van der Waals surface area contributed by atoms with Crippen molar-refractivity contribution in [1.29, 1.82) is 0 Å². The van der Waals surface area contributed by atoms with Crippen LogP contribution in [0.25, 0.3) is 0 Å². The minimum absolute atomic E-state index is 0.0370. The molecule has 0 saturated carbocycles. The van der Waals surface area contributed by atoms with E-state index in [4.69, 9.17) is 14.6 Å². The highest BCUT2D eigenvalue weighted by atomic mass is 16.6. The van der Waals surface area contributed by atoms with Crippen molar-refractivity contribution in [3.05, 3.63) is 12.3 Å². The Hall–Kier alpha value is -2.05. The first-order chi connectivity index (χ1) is 12.5. The molecule has 0 spiro atoms. The maximum atomic E-state index is 12.5. The number of carbonyl (C=O) groups excluding carboxylic acids is 2. The quantitative estimate of drug-likeness (QED) is 0.606. The van der Waals surface area contributed by atoms with Crippen molar-refractivity contribution in [2.24, 2.45) is 17.8 Å². The Bertz CT molecular complexity index is 570. The van der Waals surface area contributed by atoms with E-state index < -0.39 is 29.2 Å².